The van der Waals surface area contributed by atoms with Crippen molar-refractivity contribution >= 4 is 902 Å². The number of carbonyl (C=O) groups excluding carboxylic acids is 2. The second-order valence-corrected chi connectivity index (χ2v) is 1470. The largest absolute Gasteiger partial charge is 0.365 e. The summed E-state index contributed by atoms with van der Waals surface area (Å²) >= 11 is 124. The van der Waals surface area contributed by atoms with Crippen molar-refractivity contribution in [1.29, 1.82) is 0 Å². The Morgan fingerprint density at radius 2 is 0.602 bits per heavy atom. The van der Waals surface area contributed by atoms with E-state index >= 15 is 0 Å². The quantitative estimate of drug-likeness (QED) is 0.0477. The summed E-state index contributed by atoms with van der Waals surface area (Å²) in [5, 5.41) is 3.81. The van der Waals surface area contributed by atoms with Crippen LogP contribution >= 0.6 is 890 Å². The molecule has 5 nitrogen and oxygen atoms in total. The van der Waals surface area contributed by atoms with Gasteiger partial charge < -0.3 is 10.2 Å². The number of halogens is 65. The number of thiophene rings is 2. The third-order valence-electron chi connectivity index (χ3n) is 4.85. The summed E-state index contributed by atoms with van der Waals surface area (Å²) in [4.78, 5) is 26.0. The second kappa shape index (κ2) is 80.2. The Balaban J connectivity index is 0.00000233. The van der Waals surface area contributed by atoms with Crippen LogP contribution in [0.3, 0.4) is 0 Å². The summed E-state index contributed by atoms with van der Waals surface area (Å²) < 4.78 is 5.21. The van der Waals surface area contributed by atoms with Crippen LogP contribution in [0.5, 0.6) is 0 Å². The van der Waals surface area contributed by atoms with E-state index in [0.717, 1.165) is 10.6 Å². The van der Waals surface area contributed by atoms with Crippen molar-refractivity contribution in [1.82, 2.24) is 4.98 Å². The van der Waals surface area contributed by atoms with E-state index < -0.39 is 237 Å². The van der Waals surface area contributed by atoms with Crippen LogP contribution in [-0.2, 0) is 10.7 Å². The molecule has 0 spiro atoms. The van der Waals surface area contributed by atoms with Crippen LogP contribution in [0.1, 0.15) is 15.4 Å². The van der Waals surface area contributed by atoms with Crippen LogP contribution in [0, 0.1) is 0 Å². The zero-order chi connectivity index (χ0) is 68.7. The van der Waals surface area contributed by atoms with Crippen molar-refractivity contribution in [2.24, 2.45) is 5.73 Å². The standard InChI is InChI=1S/C8H6ClNOS.C5H5NOS.C3H4Cl2O.I62/c9-4-6-5-11-8(10-6)7-2-1-3-12-7;6-5(7)4-2-1-3-8-4;4-1-3(6)2-5;1-33(2)35(5)37(7)39(9)41(11)43(13)45(15)47(17)49(19)51(21)53(23)55(25)57(27)59(29)61(31)62(32)60(30)58(28)56(26)54(24)52(22)50(20)48(18)46(16)44(14)42(12)40(10)38(8)36(6)34(3)4/h1-3,5H,4H2;1-3H,(H2,6,7);1-2H2;. The van der Waals surface area contributed by atoms with Gasteiger partial charge in [-0.3, -0.25) is 9.59 Å². The number of carbonyl (C=O) groups is 2. The molecular formula is C16H15Cl3I62N2O3S2. The normalized spacial score (nSPS) is 16.2. The molecule has 3 heterocycles. The molecule has 0 saturated carbocycles. The van der Waals surface area contributed by atoms with Crippen LogP contribution in [0.2, 0.25) is 0 Å². The fraction of sp³-hybridized carbons (Fsp3) is 0.188. The van der Waals surface area contributed by atoms with E-state index in [1.807, 2.05) is 22.9 Å². The molecule has 0 radical (unpaired) electrons. The van der Waals surface area contributed by atoms with Gasteiger partial charge in [-0.15, -0.1) is 57.5 Å². The van der Waals surface area contributed by atoms with Crippen LogP contribution in [0.15, 0.2) is 45.7 Å². The number of rotatable bonds is 34. The Morgan fingerprint density at radius 1 is 0.375 bits per heavy atom. The maximum absolute atomic E-state index is 10.3. The molecule has 0 atom stereocenters. The van der Waals surface area contributed by atoms with Gasteiger partial charge in [0.05, 0.1) is 33.1 Å². The third-order valence-corrected chi connectivity index (χ3v) is 4800. The Bertz CT molecular complexity index is 2230. The molecule has 1 amide bonds. The van der Waals surface area contributed by atoms with E-state index in [2.05, 4.69) is 601 Å². The first kappa shape index (κ1) is 132. The molecule has 3 aromatic rings. The number of nitrogens with two attached hydrogens (primary N) is 1. The van der Waals surface area contributed by atoms with Crippen molar-refractivity contribution in [2.45, 2.75) is 5.88 Å². The van der Waals surface area contributed by atoms with Gasteiger partial charge in [-0.25, -0.2) is 4.98 Å². The Kier molecular flexibility index (Phi) is 120. The van der Waals surface area contributed by atoms with Crippen molar-refractivity contribution in [3.63, 3.8) is 0 Å². The van der Waals surface area contributed by atoms with Crippen LogP contribution in [-0.4, -0.2) is 28.4 Å². The van der Waals surface area contributed by atoms with Crippen molar-refractivity contribution in [3.8, 4) is 10.8 Å². The number of oxazole rings is 1. The summed E-state index contributed by atoms with van der Waals surface area (Å²) in [6.45, 7) is 0. The van der Waals surface area contributed by atoms with Crippen molar-refractivity contribution < 1.29 is 14.0 Å². The monoisotopic (exact) mass is 8320 g/mol. The van der Waals surface area contributed by atoms with Crippen molar-refractivity contribution in [3.05, 3.63) is 51.9 Å². The van der Waals surface area contributed by atoms with Gasteiger partial charge in [0.1, 0.15) is 6.26 Å². The summed E-state index contributed by atoms with van der Waals surface area (Å²) in [6.07, 6.45) is 1.59. The summed E-state index contributed by atoms with van der Waals surface area (Å²) in [7, 11) is -16.8. The number of Topliss-reactive ketones (excluding diaryl/α,β-unsaturated/α-hetero) is 1. The van der Waals surface area contributed by atoms with E-state index in [4.69, 9.17) is 45.0 Å². The van der Waals surface area contributed by atoms with Gasteiger partial charge in [0.25, 0.3) is 5.91 Å². The molecule has 2 N–H and O–H groups in total. The maximum atomic E-state index is 10.3. The molecule has 3 aromatic heterocycles. The van der Waals surface area contributed by atoms with Gasteiger partial charge in [0.2, 0.25) is 5.89 Å². The molecule has 88 heavy (non-hydrogen) atoms. The molecule has 0 aliphatic rings. The van der Waals surface area contributed by atoms with Gasteiger partial charge in [-0.1, -0.05) is 12.1 Å². The van der Waals surface area contributed by atoms with Gasteiger partial charge >= 0.3 is 833 Å². The summed E-state index contributed by atoms with van der Waals surface area (Å²) in [6, 6.07) is 7.43. The molecule has 0 fully saturated rings. The number of hydrogen-bond donors (Lipinski definition) is 1. The SMILES string of the molecule is ClCc1coc(-c2cccs2)n1.II(I)I(I)I(I)I(I)I(I)I(I)I(I)I(I)I(I)I(I)I(I)I(I)I(I)I(I)I(I)I(I)I(I)I(I)I(I)I(I)I(I)I(I)I(I)I(I)I(I)I(I)I(I)I(I)I(I)I(I)I.NC(=O)c1cccs1.O=C(CCl)CCl. The molecule has 0 saturated heterocycles. The van der Waals surface area contributed by atoms with E-state index in [1.165, 1.54) is 11.3 Å². The van der Waals surface area contributed by atoms with Gasteiger partial charge in [-0.05, 0) is 22.9 Å². The predicted molar refractivity (Wildman–Crippen MR) is 978 cm³/mol. The predicted octanol–water partition coefficient (Wildman–Crippen LogP) is 59.9. The van der Waals surface area contributed by atoms with Crippen LogP contribution < -0.4 is 5.73 Å². The minimum Gasteiger partial charge on any atom is -0.365 e. The van der Waals surface area contributed by atoms with Gasteiger partial charge in [-0.2, -0.15) is 0 Å². The first-order valence-electron chi connectivity index (χ1n) is 15.7. The first-order valence-corrected chi connectivity index (χ1v) is 403. The topological polar surface area (TPSA) is 86.2 Å². The number of hydrogen-bond acceptors (Lipinski definition) is 6. The molecule has 0 unspecified atom stereocenters. The van der Waals surface area contributed by atoms with E-state index in [1.54, 1.807) is 29.7 Å². The van der Waals surface area contributed by atoms with Crippen molar-refractivity contribution in [2.75, 3.05) is 11.8 Å². The van der Waals surface area contributed by atoms with E-state index in [-0.39, 0.29) is 23.5 Å². The second-order valence-electron chi connectivity index (χ2n) is 9.26. The number of alkyl halides is 3. The molecule has 0 aromatic carbocycles. The average molecular weight is 8320 g/mol. The number of amides is 1. The molecular weight excluding hydrogens is 8310 g/mol. The Hall–Kier alpha value is 43.9. The van der Waals surface area contributed by atoms with E-state index in [9.17, 15) is 9.59 Å². The smallest absolute Gasteiger partial charge is 0.258 e. The number of aromatic nitrogens is 1. The molecule has 574 valence electrons. The average Bonchev–Trinajstić information content (AvgIpc) is 4.40. The van der Waals surface area contributed by atoms with Crippen LogP contribution in [0.4, 0.5) is 0 Å². The molecule has 72 heteroatoms. The molecule has 0 bridgehead atoms. The first-order chi connectivity index (χ1) is 40.7. The zero-order valence-electron chi connectivity index (χ0n) is 36.8. The van der Waals surface area contributed by atoms with Gasteiger partial charge in [0.15, 0.2) is 5.78 Å². The fourth-order valence-corrected chi connectivity index (χ4v) is 11700. The molecule has 3 rings (SSSR count). The van der Waals surface area contributed by atoms with Gasteiger partial charge in [0, 0.05) is 0 Å². The Morgan fingerprint density at radius 3 is 0.739 bits per heavy atom. The fourth-order valence-electron chi connectivity index (χ4n) is 2.20. The molecule has 0 aliphatic heterocycles. The minimum atomic E-state index is -0.607. The number of primary amides is 1. The number of ketones is 1. The minimum absolute atomic E-state index is 0.0312. The Labute approximate surface area is 954 Å². The summed E-state index contributed by atoms with van der Waals surface area (Å²) in [5.41, 5.74) is 5.71. The third kappa shape index (κ3) is 55.7. The van der Waals surface area contributed by atoms with Crippen LogP contribution in [0.25, 0.3) is 10.8 Å². The summed E-state index contributed by atoms with van der Waals surface area (Å²) in [5.74, 6) is 0.640. The number of nitrogens with zero attached hydrogens (tertiary/aromatic N) is 1. The molecule has 0 aliphatic carbocycles. The zero-order valence-corrected chi connectivity index (χ0v) is 174. The maximum Gasteiger partial charge on any atom is 0.258 e. The van der Waals surface area contributed by atoms with E-state index in [0.29, 0.717) is 16.6 Å².